The third-order valence-corrected chi connectivity index (χ3v) is 2.17. The Morgan fingerprint density at radius 3 is 2.64 bits per heavy atom. The maximum atomic E-state index is 12.4. The normalized spacial score (nSPS) is 10.3. The summed E-state index contributed by atoms with van der Waals surface area (Å²) in [6, 6.07) is 1.72. The minimum Gasteiger partial charge on any atom is -0.253 e. The lowest BCUT2D eigenvalue weighted by molar-refractivity contribution is 0.145. The highest BCUT2D eigenvalue weighted by atomic mass is 35.5. The summed E-state index contributed by atoms with van der Waals surface area (Å²) in [6.07, 6.45) is -1.73. The summed E-state index contributed by atoms with van der Waals surface area (Å²) in [5.74, 6) is -0.212. The van der Waals surface area contributed by atoms with Gasteiger partial charge < -0.3 is 0 Å². The molecule has 1 rings (SSSR count). The molecule has 0 amide bonds. The van der Waals surface area contributed by atoms with Gasteiger partial charge in [0, 0.05) is 11.8 Å². The number of hydrogen-bond donors (Lipinski definition) is 0. The Hall–Kier alpha value is -0.920. The van der Waals surface area contributed by atoms with Crippen molar-refractivity contribution in [2.75, 3.05) is 0 Å². The average molecular weight is 237 g/mol. The van der Waals surface area contributed by atoms with E-state index >= 15 is 0 Å². The molecule has 0 bridgehead atoms. The lowest BCUT2D eigenvalue weighted by Gasteiger charge is -2.07. The third-order valence-electron chi connectivity index (χ3n) is 1.62. The van der Waals surface area contributed by atoms with Crippen LogP contribution in [-0.4, -0.2) is 4.98 Å². The van der Waals surface area contributed by atoms with Gasteiger partial charge in [-0.1, -0.05) is 11.6 Å². The molecule has 1 aromatic heterocycles. The van der Waals surface area contributed by atoms with Crippen LogP contribution in [-0.2, 0) is 5.88 Å². The van der Waals surface area contributed by atoms with Crippen LogP contribution in [0.5, 0.6) is 0 Å². The van der Waals surface area contributed by atoms with E-state index in [1.54, 1.807) is 6.07 Å². The van der Waals surface area contributed by atoms with Crippen LogP contribution in [0.15, 0.2) is 6.20 Å². The minimum absolute atomic E-state index is 0.00309. The van der Waals surface area contributed by atoms with Crippen molar-refractivity contribution in [2.24, 2.45) is 0 Å². The van der Waals surface area contributed by atoms with Gasteiger partial charge in [-0.3, -0.25) is 4.98 Å². The molecule has 0 radical (unpaired) electrons. The molecule has 1 heterocycles. The third kappa shape index (κ3) is 1.94. The van der Waals surface area contributed by atoms with Crippen molar-refractivity contribution >= 4 is 23.2 Å². The van der Waals surface area contributed by atoms with Crippen LogP contribution in [0, 0.1) is 11.3 Å². The SMILES string of the molecule is N#Cc1c(Cl)cnc(C(F)F)c1CCl. The first-order valence-electron chi connectivity index (χ1n) is 3.53. The van der Waals surface area contributed by atoms with Crippen LogP contribution in [0.1, 0.15) is 23.2 Å². The highest BCUT2D eigenvalue weighted by Crippen LogP contribution is 2.28. The molecular formula is C8H4Cl2F2N2. The first-order chi connectivity index (χ1) is 6.61. The number of aromatic nitrogens is 1. The Bertz CT molecular complexity index is 388. The summed E-state index contributed by atoms with van der Waals surface area (Å²) in [7, 11) is 0. The fraction of sp³-hybridized carbons (Fsp3) is 0.250. The number of pyridine rings is 1. The zero-order valence-corrected chi connectivity index (χ0v) is 8.28. The predicted octanol–water partition coefficient (Wildman–Crippen LogP) is 3.28. The fourth-order valence-electron chi connectivity index (χ4n) is 0.985. The van der Waals surface area contributed by atoms with Gasteiger partial charge in [-0.25, -0.2) is 8.78 Å². The van der Waals surface area contributed by atoms with Crippen molar-refractivity contribution in [2.45, 2.75) is 12.3 Å². The first kappa shape index (κ1) is 11.2. The zero-order valence-electron chi connectivity index (χ0n) is 6.77. The topological polar surface area (TPSA) is 36.7 Å². The van der Waals surface area contributed by atoms with Crippen LogP contribution in [0.2, 0.25) is 5.02 Å². The molecule has 74 valence electrons. The van der Waals surface area contributed by atoms with E-state index in [1.165, 1.54) is 0 Å². The Kier molecular flexibility index (Phi) is 3.62. The van der Waals surface area contributed by atoms with Crippen molar-refractivity contribution in [1.82, 2.24) is 4.98 Å². The summed E-state index contributed by atoms with van der Waals surface area (Å²) in [5.41, 5.74) is -0.524. The minimum atomic E-state index is -2.76. The number of alkyl halides is 3. The molecule has 0 N–H and O–H groups in total. The van der Waals surface area contributed by atoms with Crippen LogP contribution >= 0.6 is 23.2 Å². The number of rotatable bonds is 2. The molecule has 0 atom stereocenters. The van der Waals surface area contributed by atoms with Gasteiger partial charge in [0.15, 0.2) is 0 Å². The standard InChI is InChI=1S/C8H4Cl2F2N2/c9-1-4-5(2-13)6(10)3-14-7(4)8(11)12/h3,8H,1H2. The molecule has 0 saturated carbocycles. The quantitative estimate of drug-likeness (QED) is 0.740. The van der Waals surface area contributed by atoms with E-state index < -0.39 is 12.1 Å². The van der Waals surface area contributed by atoms with Crippen LogP contribution in [0.25, 0.3) is 0 Å². The molecule has 14 heavy (non-hydrogen) atoms. The van der Waals surface area contributed by atoms with E-state index in [2.05, 4.69) is 4.98 Å². The van der Waals surface area contributed by atoms with Crippen LogP contribution in [0.4, 0.5) is 8.78 Å². The second-order valence-electron chi connectivity index (χ2n) is 2.39. The maximum absolute atomic E-state index is 12.4. The Balaban J connectivity index is 3.42. The molecule has 0 aliphatic carbocycles. The lowest BCUT2D eigenvalue weighted by Crippen LogP contribution is -2.00. The smallest absolute Gasteiger partial charge is 0.253 e. The van der Waals surface area contributed by atoms with E-state index in [0.717, 1.165) is 6.20 Å². The monoisotopic (exact) mass is 236 g/mol. The first-order valence-corrected chi connectivity index (χ1v) is 4.44. The van der Waals surface area contributed by atoms with E-state index in [9.17, 15) is 8.78 Å². The van der Waals surface area contributed by atoms with Crippen molar-refractivity contribution in [3.8, 4) is 6.07 Å². The average Bonchev–Trinajstić information content (AvgIpc) is 2.16. The fourth-order valence-corrected chi connectivity index (χ4v) is 1.46. The summed E-state index contributed by atoms with van der Waals surface area (Å²) in [4.78, 5) is 3.44. The molecule has 6 heteroatoms. The molecule has 0 saturated heterocycles. The second kappa shape index (κ2) is 4.54. The molecule has 0 aliphatic heterocycles. The highest BCUT2D eigenvalue weighted by Gasteiger charge is 2.19. The van der Waals surface area contributed by atoms with Crippen molar-refractivity contribution < 1.29 is 8.78 Å². The Morgan fingerprint density at radius 2 is 2.21 bits per heavy atom. The Labute approximate surface area is 89.1 Å². The maximum Gasteiger partial charge on any atom is 0.280 e. The largest absolute Gasteiger partial charge is 0.280 e. The molecular weight excluding hydrogens is 233 g/mol. The van der Waals surface area contributed by atoms with Gasteiger partial charge in [0.05, 0.1) is 16.5 Å². The van der Waals surface area contributed by atoms with Gasteiger partial charge in [0.1, 0.15) is 11.8 Å². The van der Waals surface area contributed by atoms with Gasteiger partial charge >= 0.3 is 0 Å². The molecule has 2 nitrogen and oxygen atoms in total. The molecule has 0 aliphatic rings. The van der Waals surface area contributed by atoms with E-state index in [-0.39, 0.29) is 22.0 Å². The van der Waals surface area contributed by atoms with E-state index in [4.69, 9.17) is 28.5 Å². The Morgan fingerprint density at radius 1 is 1.57 bits per heavy atom. The number of nitrogens with zero attached hydrogens (tertiary/aromatic N) is 2. The number of nitriles is 1. The zero-order chi connectivity index (χ0) is 10.7. The van der Waals surface area contributed by atoms with Crippen LogP contribution in [0.3, 0.4) is 0 Å². The summed E-state index contributed by atoms with van der Waals surface area (Å²) in [6.45, 7) is 0. The van der Waals surface area contributed by atoms with E-state index in [0.29, 0.717) is 0 Å². The van der Waals surface area contributed by atoms with E-state index in [1.807, 2.05) is 0 Å². The summed E-state index contributed by atoms with van der Waals surface area (Å²) in [5, 5.41) is 8.71. The second-order valence-corrected chi connectivity index (χ2v) is 3.07. The van der Waals surface area contributed by atoms with Crippen molar-refractivity contribution in [3.05, 3.63) is 28.0 Å². The highest BCUT2D eigenvalue weighted by molar-refractivity contribution is 6.31. The van der Waals surface area contributed by atoms with Gasteiger partial charge in [0.25, 0.3) is 6.43 Å². The van der Waals surface area contributed by atoms with Crippen molar-refractivity contribution in [3.63, 3.8) is 0 Å². The van der Waals surface area contributed by atoms with Gasteiger partial charge in [-0.15, -0.1) is 11.6 Å². The molecule has 0 unspecified atom stereocenters. The number of halogens is 4. The number of hydrogen-bond acceptors (Lipinski definition) is 2. The molecule has 1 aromatic rings. The van der Waals surface area contributed by atoms with Crippen molar-refractivity contribution in [1.29, 1.82) is 5.26 Å². The van der Waals surface area contributed by atoms with Gasteiger partial charge in [-0.05, 0) is 0 Å². The lowest BCUT2D eigenvalue weighted by atomic mass is 10.1. The molecule has 0 spiro atoms. The van der Waals surface area contributed by atoms with Gasteiger partial charge in [-0.2, -0.15) is 5.26 Å². The van der Waals surface area contributed by atoms with Crippen LogP contribution < -0.4 is 0 Å². The molecule has 0 aromatic carbocycles. The predicted molar refractivity (Wildman–Crippen MR) is 48.5 cm³/mol. The molecule has 0 fully saturated rings. The summed E-state index contributed by atoms with van der Waals surface area (Å²) < 4.78 is 24.8. The van der Waals surface area contributed by atoms with Gasteiger partial charge in [0.2, 0.25) is 0 Å². The summed E-state index contributed by atoms with van der Waals surface area (Å²) >= 11 is 11.0.